The van der Waals surface area contributed by atoms with Gasteiger partial charge in [0.2, 0.25) is 0 Å². The zero-order valence-corrected chi connectivity index (χ0v) is 18.6. The van der Waals surface area contributed by atoms with Crippen molar-refractivity contribution in [1.82, 2.24) is 9.47 Å². The Kier molecular flexibility index (Phi) is 7.79. The van der Waals surface area contributed by atoms with Crippen molar-refractivity contribution in [3.8, 4) is 11.1 Å². The Hall–Kier alpha value is -1.78. The number of unbranched alkanes of at least 4 members (excludes halogenated alkanes) is 2. The van der Waals surface area contributed by atoms with Crippen molar-refractivity contribution in [3.63, 3.8) is 0 Å². The molecular weight excluding hydrogens is 382 g/mol. The monoisotopic (exact) mass is 415 g/mol. The predicted octanol–water partition coefficient (Wildman–Crippen LogP) is 5.43. The average molecular weight is 416 g/mol. The molecule has 29 heavy (non-hydrogen) atoms. The van der Waals surface area contributed by atoms with Gasteiger partial charge in [-0.1, -0.05) is 49.9 Å². The molecule has 0 atom stereocenters. The third-order valence-corrected chi connectivity index (χ3v) is 6.37. The van der Waals surface area contributed by atoms with Crippen LogP contribution in [0, 0.1) is 6.92 Å². The molecule has 2 N–H and O–H groups in total. The van der Waals surface area contributed by atoms with E-state index in [1.165, 1.54) is 50.9 Å². The Morgan fingerprint density at radius 1 is 1.07 bits per heavy atom. The molecule has 2 aromatic rings. The first kappa shape index (κ1) is 21.9. The minimum absolute atomic E-state index is 0.346. The van der Waals surface area contributed by atoms with Gasteiger partial charge in [0.05, 0.1) is 5.56 Å². The van der Waals surface area contributed by atoms with Gasteiger partial charge in [-0.3, -0.25) is 4.79 Å². The normalized spacial score (nSPS) is 15.0. The number of nitrogens with two attached hydrogens (primary N) is 1. The number of carbonyl (C=O) groups excluding carboxylic acids is 1. The summed E-state index contributed by atoms with van der Waals surface area (Å²) in [5, 5.41) is 0.697. The maximum atomic E-state index is 12.5. The number of likely N-dealkylation sites (tertiary alicyclic amines) is 1. The molecule has 4 nitrogen and oxygen atoms in total. The number of amides is 1. The van der Waals surface area contributed by atoms with E-state index in [0.717, 1.165) is 42.8 Å². The second-order valence-corrected chi connectivity index (χ2v) is 8.60. The Balaban J connectivity index is 2.01. The van der Waals surface area contributed by atoms with Crippen molar-refractivity contribution >= 4 is 17.5 Å². The van der Waals surface area contributed by atoms with Crippen LogP contribution >= 0.6 is 11.6 Å². The predicted molar refractivity (Wildman–Crippen MR) is 122 cm³/mol. The van der Waals surface area contributed by atoms with Gasteiger partial charge in [-0.15, -0.1) is 0 Å². The van der Waals surface area contributed by atoms with Crippen LogP contribution in [-0.4, -0.2) is 35.0 Å². The van der Waals surface area contributed by atoms with Gasteiger partial charge in [0, 0.05) is 35.1 Å². The van der Waals surface area contributed by atoms with Crippen LogP contribution in [0.1, 0.15) is 67.2 Å². The second kappa shape index (κ2) is 10.3. The standard InChI is InChI=1S/C24H34ClN3O/c1-3-4-6-9-21-23(19-10-12-20(25)13-11-19)22(24(26)29)18(2)28(21)17-16-27-14-7-5-8-15-27/h10-13H,3-9,14-17H2,1-2H3,(H2,26,29). The molecule has 158 valence electrons. The number of hydrogen-bond acceptors (Lipinski definition) is 2. The summed E-state index contributed by atoms with van der Waals surface area (Å²) >= 11 is 6.11. The van der Waals surface area contributed by atoms with Crippen LogP contribution in [0.3, 0.4) is 0 Å². The van der Waals surface area contributed by atoms with E-state index >= 15 is 0 Å². The molecule has 1 aliphatic rings. The summed E-state index contributed by atoms with van der Waals surface area (Å²) in [5.74, 6) is -0.346. The molecule has 1 saturated heterocycles. The highest BCUT2D eigenvalue weighted by Crippen LogP contribution is 2.34. The van der Waals surface area contributed by atoms with Crippen LogP contribution in [0.2, 0.25) is 5.02 Å². The number of carbonyl (C=O) groups is 1. The van der Waals surface area contributed by atoms with E-state index in [1.54, 1.807) is 0 Å². The quantitative estimate of drug-likeness (QED) is 0.555. The molecule has 2 heterocycles. The first-order chi connectivity index (χ1) is 14.0. The van der Waals surface area contributed by atoms with Gasteiger partial charge >= 0.3 is 0 Å². The van der Waals surface area contributed by atoms with Crippen molar-refractivity contribution in [2.45, 2.75) is 65.3 Å². The van der Waals surface area contributed by atoms with Crippen molar-refractivity contribution < 1.29 is 4.79 Å². The maximum Gasteiger partial charge on any atom is 0.251 e. The molecule has 1 aromatic heterocycles. The molecule has 3 rings (SSSR count). The first-order valence-electron chi connectivity index (χ1n) is 11.0. The SMILES string of the molecule is CCCCCc1c(-c2ccc(Cl)cc2)c(C(N)=O)c(C)n1CCN1CCCCC1. The molecule has 1 fully saturated rings. The third-order valence-electron chi connectivity index (χ3n) is 6.12. The molecule has 0 radical (unpaired) electrons. The number of piperidine rings is 1. The van der Waals surface area contributed by atoms with Crippen LogP contribution in [0.4, 0.5) is 0 Å². The lowest BCUT2D eigenvalue weighted by atomic mass is 9.97. The minimum atomic E-state index is -0.346. The highest BCUT2D eigenvalue weighted by atomic mass is 35.5. The largest absolute Gasteiger partial charge is 0.366 e. The number of aromatic nitrogens is 1. The van der Waals surface area contributed by atoms with Gasteiger partial charge in [-0.25, -0.2) is 0 Å². The van der Waals surface area contributed by atoms with Crippen molar-refractivity contribution in [2.24, 2.45) is 5.73 Å². The molecule has 0 unspecified atom stereocenters. The number of hydrogen-bond donors (Lipinski definition) is 1. The lowest BCUT2D eigenvalue weighted by Gasteiger charge is -2.27. The topological polar surface area (TPSA) is 51.3 Å². The summed E-state index contributed by atoms with van der Waals surface area (Å²) in [6.07, 6.45) is 8.35. The van der Waals surface area contributed by atoms with E-state index in [4.69, 9.17) is 17.3 Å². The Labute approximate surface area is 180 Å². The number of rotatable bonds is 9. The lowest BCUT2D eigenvalue weighted by Crippen LogP contribution is -2.33. The summed E-state index contributed by atoms with van der Waals surface area (Å²) in [5.41, 5.74) is 10.8. The van der Waals surface area contributed by atoms with Gasteiger partial charge in [-0.05, 0) is 63.4 Å². The van der Waals surface area contributed by atoms with Gasteiger partial charge < -0.3 is 15.2 Å². The van der Waals surface area contributed by atoms with Gasteiger partial charge in [0.1, 0.15) is 0 Å². The summed E-state index contributed by atoms with van der Waals surface area (Å²) in [6.45, 7) is 8.54. The zero-order chi connectivity index (χ0) is 20.8. The zero-order valence-electron chi connectivity index (χ0n) is 17.8. The molecule has 0 bridgehead atoms. The van der Waals surface area contributed by atoms with E-state index in [0.29, 0.717) is 10.6 Å². The van der Waals surface area contributed by atoms with Crippen molar-refractivity contribution in [1.29, 1.82) is 0 Å². The summed E-state index contributed by atoms with van der Waals surface area (Å²) < 4.78 is 2.36. The van der Waals surface area contributed by atoms with Crippen LogP contribution in [0.25, 0.3) is 11.1 Å². The van der Waals surface area contributed by atoms with Crippen LogP contribution in [0.15, 0.2) is 24.3 Å². The molecule has 5 heteroatoms. The van der Waals surface area contributed by atoms with Crippen LogP contribution in [-0.2, 0) is 13.0 Å². The summed E-state index contributed by atoms with van der Waals surface area (Å²) in [7, 11) is 0. The number of benzene rings is 1. The Morgan fingerprint density at radius 3 is 2.38 bits per heavy atom. The summed E-state index contributed by atoms with van der Waals surface area (Å²) in [4.78, 5) is 15.0. The number of nitrogens with zero attached hydrogens (tertiary/aromatic N) is 2. The Bertz CT molecular complexity index is 820. The molecular formula is C24H34ClN3O. The molecule has 1 aromatic carbocycles. The van der Waals surface area contributed by atoms with E-state index in [1.807, 2.05) is 31.2 Å². The average Bonchev–Trinajstić information content (AvgIpc) is 3.00. The molecule has 0 spiro atoms. The van der Waals surface area contributed by atoms with E-state index in [-0.39, 0.29) is 5.91 Å². The van der Waals surface area contributed by atoms with Gasteiger partial charge in [-0.2, -0.15) is 0 Å². The van der Waals surface area contributed by atoms with E-state index in [2.05, 4.69) is 16.4 Å². The lowest BCUT2D eigenvalue weighted by molar-refractivity contribution is 0.1000. The molecule has 0 saturated carbocycles. The molecule has 1 amide bonds. The third kappa shape index (κ3) is 5.23. The number of primary amides is 1. The fraction of sp³-hybridized carbons (Fsp3) is 0.542. The second-order valence-electron chi connectivity index (χ2n) is 8.16. The molecule has 0 aliphatic carbocycles. The van der Waals surface area contributed by atoms with Gasteiger partial charge in [0.15, 0.2) is 0 Å². The smallest absolute Gasteiger partial charge is 0.251 e. The van der Waals surface area contributed by atoms with Crippen molar-refractivity contribution in [2.75, 3.05) is 19.6 Å². The van der Waals surface area contributed by atoms with Crippen molar-refractivity contribution in [3.05, 3.63) is 46.2 Å². The Morgan fingerprint density at radius 2 is 1.76 bits per heavy atom. The van der Waals surface area contributed by atoms with Gasteiger partial charge in [0.25, 0.3) is 5.91 Å². The van der Waals surface area contributed by atoms with Crippen LogP contribution < -0.4 is 5.73 Å². The highest BCUT2D eigenvalue weighted by Gasteiger charge is 2.25. The maximum absolute atomic E-state index is 12.5. The fourth-order valence-corrected chi connectivity index (χ4v) is 4.68. The van der Waals surface area contributed by atoms with E-state index in [9.17, 15) is 4.79 Å². The summed E-state index contributed by atoms with van der Waals surface area (Å²) in [6, 6.07) is 7.78. The minimum Gasteiger partial charge on any atom is -0.366 e. The van der Waals surface area contributed by atoms with Crippen LogP contribution in [0.5, 0.6) is 0 Å². The van der Waals surface area contributed by atoms with E-state index < -0.39 is 0 Å². The molecule has 1 aliphatic heterocycles. The first-order valence-corrected chi connectivity index (χ1v) is 11.4. The fourth-order valence-electron chi connectivity index (χ4n) is 4.56. The highest BCUT2D eigenvalue weighted by molar-refractivity contribution is 6.30. The number of halogens is 1.